The summed E-state index contributed by atoms with van der Waals surface area (Å²) in [5.41, 5.74) is 2.18. The van der Waals surface area contributed by atoms with E-state index in [-0.39, 0.29) is 18.1 Å². The fourth-order valence-electron chi connectivity index (χ4n) is 4.81. The lowest BCUT2D eigenvalue weighted by molar-refractivity contribution is -0.121. The van der Waals surface area contributed by atoms with Crippen LogP contribution in [-0.4, -0.2) is 48.1 Å². The molecule has 1 saturated heterocycles. The van der Waals surface area contributed by atoms with E-state index in [2.05, 4.69) is 27.3 Å². The average molecular weight is 376 g/mol. The summed E-state index contributed by atoms with van der Waals surface area (Å²) in [5, 5.41) is 5.00. The van der Waals surface area contributed by atoms with Gasteiger partial charge in [-0.25, -0.2) is 0 Å². The maximum atomic E-state index is 11.5. The molecule has 2 N–H and O–H groups in total. The van der Waals surface area contributed by atoms with Crippen molar-refractivity contribution in [3.8, 4) is 0 Å². The van der Waals surface area contributed by atoms with Crippen LogP contribution in [0.15, 0.2) is 24.3 Å². The van der Waals surface area contributed by atoms with Crippen molar-refractivity contribution in [1.82, 2.24) is 15.2 Å². The number of carbonyl (C=O) groups excluding carboxylic acids is 1. The van der Waals surface area contributed by atoms with Crippen LogP contribution in [0.1, 0.15) is 25.5 Å². The number of hydrogen-bond acceptors (Lipinski definition) is 3. The van der Waals surface area contributed by atoms with Crippen LogP contribution in [0.25, 0.3) is 10.9 Å². The van der Waals surface area contributed by atoms with Crippen molar-refractivity contribution in [3.63, 3.8) is 0 Å². The van der Waals surface area contributed by atoms with E-state index in [4.69, 9.17) is 16.3 Å². The van der Waals surface area contributed by atoms with Gasteiger partial charge in [0.15, 0.2) is 0 Å². The van der Waals surface area contributed by atoms with Gasteiger partial charge in [-0.3, -0.25) is 9.69 Å². The van der Waals surface area contributed by atoms with Crippen LogP contribution in [-0.2, 0) is 16.1 Å². The van der Waals surface area contributed by atoms with E-state index in [0.717, 1.165) is 54.1 Å². The molecule has 1 aliphatic carbocycles. The molecule has 0 bridgehead atoms. The molecular formula is C20H26ClN3O2. The van der Waals surface area contributed by atoms with Gasteiger partial charge < -0.3 is 15.0 Å². The third-order valence-electron chi connectivity index (χ3n) is 5.98. The number of hydrogen-bond donors (Lipinski definition) is 2. The number of likely N-dealkylation sites (tertiary alicyclic amines) is 1. The zero-order chi connectivity index (χ0) is 18.3. The highest BCUT2D eigenvalue weighted by Crippen LogP contribution is 2.38. The van der Waals surface area contributed by atoms with Crippen LogP contribution in [0.5, 0.6) is 0 Å². The molecule has 0 unspecified atom stereocenters. The highest BCUT2D eigenvalue weighted by Gasteiger charge is 2.42. The fourth-order valence-corrected chi connectivity index (χ4v) is 5.08. The van der Waals surface area contributed by atoms with Gasteiger partial charge in [0.05, 0.1) is 17.2 Å². The van der Waals surface area contributed by atoms with E-state index >= 15 is 0 Å². The number of para-hydroxylation sites is 1. The zero-order valence-corrected chi connectivity index (χ0v) is 16.1. The molecule has 2 aliphatic rings. The molecule has 1 aromatic carbocycles. The Kier molecular flexibility index (Phi) is 4.95. The van der Waals surface area contributed by atoms with Gasteiger partial charge in [-0.2, -0.15) is 0 Å². The van der Waals surface area contributed by atoms with Gasteiger partial charge in [0.2, 0.25) is 5.91 Å². The molecule has 4 rings (SSSR count). The summed E-state index contributed by atoms with van der Waals surface area (Å²) in [6, 6.07) is 8.29. The topological polar surface area (TPSA) is 57.4 Å². The van der Waals surface area contributed by atoms with Crippen molar-refractivity contribution >= 4 is 28.4 Å². The fraction of sp³-hybridized carbons (Fsp3) is 0.550. The molecule has 26 heavy (non-hydrogen) atoms. The molecule has 0 spiro atoms. The predicted octanol–water partition coefficient (Wildman–Crippen LogP) is 3.18. The number of rotatable bonds is 4. The van der Waals surface area contributed by atoms with Crippen LogP contribution in [0, 0.1) is 11.8 Å². The molecule has 5 nitrogen and oxygen atoms in total. The Bertz CT molecular complexity index is 805. The molecule has 0 radical (unpaired) electrons. The summed E-state index contributed by atoms with van der Waals surface area (Å²) >= 11 is 6.59. The lowest BCUT2D eigenvalue weighted by Crippen LogP contribution is -2.49. The Morgan fingerprint density at radius 1 is 1.31 bits per heavy atom. The Balaban J connectivity index is 1.46. The van der Waals surface area contributed by atoms with Gasteiger partial charge in [0.25, 0.3) is 0 Å². The van der Waals surface area contributed by atoms with E-state index in [1.165, 1.54) is 0 Å². The summed E-state index contributed by atoms with van der Waals surface area (Å²) in [7, 11) is 1.75. The quantitative estimate of drug-likeness (QED) is 0.862. The zero-order valence-electron chi connectivity index (χ0n) is 15.3. The number of benzene rings is 1. The van der Waals surface area contributed by atoms with Crippen LogP contribution in [0.3, 0.4) is 0 Å². The molecule has 1 saturated carbocycles. The smallest absolute Gasteiger partial charge is 0.217 e. The van der Waals surface area contributed by atoms with E-state index in [1.54, 1.807) is 14.0 Å². The first-order valence-corrected chi connectivity index (χ1v) is 9.70. The first kappa shape index (κ1) is 17.8. The van der Waals surface area contributed by atoms with Crippen molar-refractivity contribution in [1.29, 1.82) is 0 Å². The first-order chi connectivity index (χ1) is 12.5. The monoisotopic (exact) mass is 375 g/mol. The molecule has 6 heteroatoms. The molecule has 140 valence electrons. The van der Waals surface area contributed by atoms with Crippen molar-refractivity contribution in [2.45, 2.75) is 38.5 Å². The van der Waals surface area contributed by atoms with Gasteiger partial charge in [0.1, 0.15) is 0 Å². The normalized spacial score (nSPS) is 29.0. The van der Waals surface area contributed by atoms with E-state index in [0.29, 0.717) is 11.8 Å². The summed E-state index contributed by atoms with van der Waals surface area (Å²) in [6.45, 7) is 4.52. The Morgan fingerprint density at radius 3 is 2.73 bits per heavy atom. The molecule has 2 fully saturated rings. The van der Waals surface area contributed by atoms with E-state index < -0.39 is 0 Å². The maximum Gasteiger partial charge on any atom is 0.217 e. The Morgan fingerprint density at radius 2 is 2.04 bits per heavy atom. The van der Waals surface area contributed by atoms with Crippen molar-refractivity contribution in [2.75, 3.05) is 20.2 Å². The number of fused-ring (bicyclic) bond motifs is 2. The maximum absolute atomic E-state index is 11.5. The molecule has 1 amide bonds. The second-order valence-electron chi connectivity index (χ2n) is 7.73. The number of nitrogens with zero attached hydrogens (tertiary/aromatic N) is 1. The minimum Gasteiger partial charge on any atom is -0.379 e. The molecular weight excluding hydrogens is 350 g/mol. The Hall–Kier alpha value is -1.56. The SMILES string of the molecule is CO[C@@H]1C[C@H]2CN(Cc3[nH]c4ccccc4c3Cl)C[C@H]2C[C@H]1NC(C)=O. The van der Waals surface area contributed by atoms with Crippen LogP contribution in [0.2, 0.25) is 5.02 Å². The van der Waals surface area contributed by atoms with Gasteiger partial charge in [0, 0.05) is 50.3 Å². The van der Waals surface area contributed by atoms with Gasteiger partial charge in [-0.1, -0.05) is 29.8 Å². The third kappa shape index (κ3) is 3.36. The molecule has 2 heterocycles. The Labute approximate surface area is 159 Å². The summed E-state index contributed by atoms with van der Waals surface area (Å²) in [6.07, 6.45) is 2.10. The second-order valence-corrected chi connectivity index (χ2v) is 8.11. The van der Waals surface area contributed by atoms with E-state index in [1.807, 2.05) is 12.1 Å². The average Bonchev–Trinajstić information content (AvgIpc) is 3.14. The number of nitrogens with one attached hydrogen (secondary N) is 2. The number of halogens is 1. The predicted molar refractivity (Wildman–Crippen MR) is 103 cm³/mol. The van der Waals surface area contributed by atoms with Gasteiger partial charge >= 0.3 is 0 Å². The second kappa shape index (κ2) is 7.22. The number of methoxy groups -OCH3 is 1. The third-order valence-corrected chi connectivity index (χ3v) is 6.41. The summed E-state index contributed by atoms with van der Waals surface area (Å²) in [4.78, 5) is 17.5. The highest BCUT2D eigenvalue weighted by atomic mass is 35.5. The largest absolute Gasteiger partial charge is 0.379 e. The van der Waals surface area contributed by atoms with Crippen LogP contribution >= 0.6 is 11.6 Å². The molecule has 4 atom stereocenters. The van der Waals surface area contributed by atoms with Gasteiger partial charge in [-0.15, -0.1) is 0 Å². The van der Waals surface area contributed by atoms with Crippen LogP contribution < -0.4 is 5.32 Å². The number of carbonyl (C=O) groups is 1. The standard InChI is InChI=1S/C20H26ClN3O2/c1-12(25)22-17-7-13-9-24(10-14(13)8-19(17)26-2)11-18-20(21)15-5-3-4-6-16(15)23-18/h3-6,13-14,17,19,23H,7-11H2,1-2H3,(H,22,25)/t13-,14+,17-,19-/m1/s1. The number of aromatic nitrogens is 1. The van der Waals surface area contributed by atoms with Crippen molar-refractivity contribution < 1.29 is 9.53 Å². The van der Waals surface area contributed by atoms with E-state index in [9.17, 15) is 4.79 Å². The van der Waals surface area contributed by atoms with Gasteiger partial charge in [-0.05, 0) is 30.7 Å². The molecule has 2 aromatic rings. The number of aromatic amines is 1. The summed E-state index contributed by atoms with van der Waals surface area (Å²) < 4.78 is 5.66. The first-order valence-electron chi connectivity index (χ1n) is 9.32. The van der Waals surface area contributed by atoms with Crippen molar-refractivity contribution in [2.24, 2.45) is 11.8 Å². The minimum atomic E-state index is 0.0233. The lowest BCUT2D eigenvalue weighted by atomic mass is 9.77. The number of amides is 1. The highest BCUT2D eigenvalue weighted by molar-refractivity contribution is 6.36. The van der Waals surface area contributed by atoms with Crippen LogP contribution in [0.4, 0.5) is 0 Å². The summed E-state index contributed by atoms with van der Waals surface area (Å²) in [5.74, 6) is 1.24. The van der Waals surface area contributed by atoms with Crippen molar-refractivity contribution in [3.05, 3.63) is 35.0 Å². The lowest BCUT2D eigenvalue weighted by Gasteiger charge is -2.37. The molecule has 1 aromatic heterocycles. The minimum absolute atomic E-state index is 0.0233. The number of H-pyrrole nitrogens is 1. The number of ether oxygens (including phenoxy) is 1. The molecule has 1 aliphatic heterocycles.